The Morgan fingerprint density at radius 3 is 2.60 bits per heavy atom. The Morgan fingerprint density at radius 1 is 1.40 bits per heavy atom. The van der Waals surface area contributed by atoms with Gasteiger partial charge in [-0.2, -0.15) is 0 Å². The predicted molar refractivity (Wildman–Crippen MR) is 59.7 cm³/mol. The van der Waals surface area contributed by atoms with Crippen LogP contribution in [0.3, 0.4) is 0 Å². The Hall–Kier alpha value is -0.610. The first-order valence-electron chi connectivity index (χ1n) is 5.96. The van der Waals surface area contributed by atoms with Crippen LogP contribution in [0.2, 0.25) is 0 Å². The van der Waals surface area contributed by atoms with Gasteiger partial charge in [0.1, 0.15) is 0 Å². The number of carbonyl (C=O) groups excluding carboxylic acids is 1. The van der Waals surface area contributed by atoms with E-state index in [0.717, 1.165) is 26.2 Å². The molecular weight excluding hydrogens is 190 g/mol. The summed E-state index contributed by atoms with van der Waals surface area (Å²) in [5.41, 5.74) is 0. The molecule has 15 heavy (non-hydrogen) atoms. The summed E-state index contributed by atoms with van der Waals surface area (Å²) in [6.45, 7) is 4.23. The summed E-state index contributed by atoms with van der Waals surface area (Å²) >= 11 is 0. The quantitative estimate of drug-likeness (QED) is 0.708. The summed E-state index contributed by atoms with van der Waals surface area (Å²) in [4.78, 5) is 16.1. The van der Waals surface area contributed by atoms with Crippen molar-refractivity contribution in [3.8, 4) is 0 Å². The lowest BCUT2D eigenvalue weighted by atomic mass is 9.92. The molecule has 1 saturated heterocycles. The summed E-state index contributed by atoms with van der Waals surface area (Å²) in [5, 5.41) is 3.26. The monoisotopic (exact) mass is 211 g/mol. The number of carbonyl (C=O) groups is 1. The molecule has 0 aromatic carbocycles. The highest BCUT2D eigenvalue weighted by atomic mass is 16.2. The van der Waals surface area contributed by atoms with E-state index in [4.69, 9.17) is 0 Å². The minimum absolute atomic E-state index is 0.297. The molecular formula is C11H21N3O. The summed E-state index contributed by atoms with van der Waals surface area (Å²) in [6, 6.07) is 0.664. The van der Waals surface area contributed by atoms with Crippen molar-refractivity contribution in [2.75, 3.05) is 39.8 Å². The third-order valence-corrected chi connectivity index (χ3v) is 3.55. The van der Waals surface area contributed by atoms with Gasteiger partial charge in [0, 0.05) is 32.2 Å². The Bertz CT molecular complexity index is 222. The maximum atomic E-state index is 11.9. The SMILES string of the molecule is CN(CC(=O)N1CCNCC1)C1CCC1. The van der Waals surface area contributed by atoms with Crippen molar-refractivity contribution in [1.29, 1.82) is 0 Å². The molecule has 2 rings (SSSR count). The van der Waals surface area contributed by atoms with Crippen LogP contribution < -0.4 is 5.32 Å². The van der Waals surface area contributed by atoms with Gasteiger partial charge in [0.15, 0.2) is 0 Å². The highest BCUT2D eigenvalue weighted by Crippen LogP contribution is 2.23. The van der Waals surface area contributed by atoms with Crippen molar-refractivity contribution < 1.29 is 4.79 Å². The molecule has 1 aliphatic carbocycles. The lowest BCUT2D eigenvalue weighted by Gasteiger charge is -2.36. The Kier molecular flexibility index (Phi) is 3.59. The lowest BCUT2D eigenvalue weighted by Crippen LogP contribution is -2.51. The minimum atomic E-state index is 0.297. The van der Waals surface area contributed by atoms with Crippen LogP contribution in [0.1, 0.15) is 19.3 Å². The molecule has 2 aliphatic rings. The lowest BCUT2D eigenvalue weighted by molar-refractivity contribution is -0.133. The number of piperazine rings is 1. The Labute approximate surface area is 91.6 Å². The van der Waals surface area contributed by atoms with E-state index in [9.17, 15) is 4.79 Å². The van der Waals surface area contributed by atoms with Gasteiger partial charge < -0.3 is 10.2 Å². The zero-order valence-corrected chi connectivity index (χ0v) is 9.54. The first kappa shape index (κ1) is 10.9. The molecule has 1 N–H and O–H groups in total. The van der Waals surface area contributed by atoms with Crippen LogP contribution in [0.5, 0.6) is 0 Å². The summed E-state index contributed by atoms with van der Waals surface area (Å²) in [5.74, 6) is 0.297. The number of hydrogen-bond donors (Lipinski definition) is 1. The van der Waals surface area contributed by atoms with E-state index in [-0.39, 0.29) is 0 Å². The second-order valence-corrected chi connectivity index (χ2v) is 4.63. The van der Waals surface area contributed by atoms with E-state index in [0.29, 0.717) is 18.5 Å². The van der Waals surface area contributed by atoms with Gasteiger partial charge in [-0.05, 0) is 19.9 Å². The molecule has 0 bridgehead atoms. The molecule has 1 amide bonds. The molecule has 0 spiro atoms. The van der Waals surface area contributed by atoms with Crippen LogP contribution in [0.15, 0.2) is 0 Å². The number of nitrogens with one attached hydrogen (secondary N) is 1. The molecule has 4 heteroatoms. The molecule has 1 heterocycles. The van der Waals surface area contributed by atoms with E-state index >= 15 is 0 Å². The van der Waals surface area contributed by atoms with Gasteiger partial charge in [0.25, 0.3) is 0 Å². The summed E-state index contributed by atoms with van der Waals surface area (Å²) in [7, 11) is 2.07. The smallest absolute Gasteiger partial charge is 0.236 e. The van der Waals surface area contributed by atoms with Gasteiger partial charge in [-0.25, -0.2) is 0 Å². The summed E-state index contributed by atoms with van der Waals surface area (Å²) in [6.07, 6.45) is 3.87. The zero-order valence-electron chi connectivity index (χ0n) is 9.54. The van der Waals surface area contributed by atoms with Crippen molar-refractivity contribution in [2.45, 2.75) is 25.3 Å². The maximum absolute atomic E-state index is 11.9. The molecule has 0 atom stereocenters. The third kappa shape index (κ3) is 2.69. The molecule has 1 saturated carbocycles. The van der Waals surface area contributed by atoms with Crippen LogP contribution in [0, 0.1) is 0 Å². The molecule has 0 aromatic heterocycles. The number of nitrogens with zero attached hydrogens (tertiary/aromatic N) is 2. The molecule has 2 fully saturated rings. The van der Waals surface area contributed by atoms with Crippen molar-refractivity contribution in [1.82, 2.24) is 15.1 Å². The number of hydrogen-bond acceptors (Lipinski definition) is 3. The minimum Gasteiger partial charge on any atom is -0.339 e. The predicted octanol–water partition coefficient (Wildman–Crippen LogP) is -0.0975. The van der Waals surface area contributed by atoms with Crippen LogP contribution in [-0.4, -0.2) is 61.5 Å². The molecule has 0 unspecified atom stereocenters. The fraction of sp³-hybridized carbons (Fsp3) is 0.909. The van der Waals surface area contributed by atoms with E-state index < -0.39 is 0 Å². The van der Waals surface area contributed by atoms with Gasteiger partial charge >= 0.3 is 0 Å². The van der Waals surface area contributed by atoms with E-state index in [2.05, 4.69) is 17.3 Å². The van der Waals surface area contributed by atoms with Crippen LogP contribution in [0.25, 0.3) is 0 Å². The molecule has 1 aliphatic heterocycles. The number of amides is 1. The fourth-order valence-corrected chi connectivity index (χ4v) is 2.18. The van der Waals surface area contributed by atoms with Crippen molar-refractivity contribution in [3.05, 3.63) is 0 Å². The van der Waals surface area contributed by atoms with Crippen molar-refractivity contribution in [2.24, 2.45) is 0 Å². The third-order valence-electron chi connectivity index (χ3n) is 3.55. The van der Waals surface area contributed by atoms with Crippen LogP contribution >= 0.6 is 0 Å². The summed E-state index contributed by atoms with van der Waals surface area (Å²) < 4.78 is 0. The van der Waals surface area contributed by atoms with Crippen LogP contribution in [0.4, 0.5) is 0 Å². The largest absolute Gasteiger partial charge is 0.339 e. The molecule has 0 aromatic rings. The zero-order chi connectivity index (χ0) is 10.7. The first-order valence-corrected chi connectivity index (χ1v) is 5.96. The Balaban J connectivity index is 1.74. The van der Waals surface area contributed by atoms with Gasteiger partial charge in [-0.1, -0.05) is 6.42 Å². The van der Waals surface area contributed by atoms with Gasteiger partial charge in [-0.15, -0.1) is 0 Å². The average Bonchev–Trinajstić information content (AvgIpc) is 2.16. The van der Waals surface area contributed by atoms with E-state index in [1.54, 1.807) is 0 Å². The van der Waals surface area contributed by atoms with E-state index in [1.165, 1.54) is 19.3 Å². The fourth-order valence-electron chi connectivity index (χ4n) is 2.18. The second kappa shape index (κ2) is 4.94. The first-order chi connectivity index (χ1) is 7.27. The Morgan fingerprint density at radius 2 is 2.07 bits per heavy atom. The van der Waals surface area contributed by atoms with Gasteiger partial charge in [-0.3, -0.25) is 9.69 Å². The highest BCUT2D eigenvalue weighted by molar-refractivity contribution is 5.78. The maximum Gasteiger partial charge on any atom is 0.236 e. The van der Waals surface area contributed by atoms with Crippen molar-refractivity contribution >= 4 is 5.91 Å². The average molecular weight is 211 g/mol. The van der Waals surface area contributed by atoms with Gasteiger partial charge in [0.05, 0.1) is 6.54 Å². The number of likely N-dealkylation sites (N-methyl/N-ethyl adjacent to an activating group) is 1. The molecule has 0 radical (unpaired) electrons. The van der Waals surface area contributed by atoms with Crippen LogP contribution in [-0.2, 0) is 4.79 Å². The molecule has 86 valence electrons. The second-order valence-electron chi connectivity index (χ2n) is 4.63. The topological polar surface area (TPSA) is 35.6 Å². The molecule has 4 nitrogen and oxygen atoms in total. The number of rotatable bonds is 3. The normalized spacial score (nSPS) is 22.9. The van der Waals surface area contributed by atoms with Gasteiger partial charge in [0.2, 0.25) is 5.91 Å². The van der Waals surface area contributed by atoms with E-state index in [1.807, 2.05) is 4.90 Å². The highest BCUT2D eigenvalue weighted by Gasteiger charge is 2.25. The standard InChI is InChI=1S/C11H21N3O/c1-13(10-3-2-4-10)9-11(15)14-7-5-12-6-8-14/h10,12H,2-9H2,1H3. The van der Waals surface area contributed by atoms with Crippen molar-refractivity contribution in [3.63, 3.8) is 0 Å².